The summed E-state index contributed by atoms with van der Waals surface area (Å²) in [5.74, 6) is 0.325. The van der Waals surface area contributed by atoms with Gasteiger partial charge < -0.3 is 14.6 Å². The summed E-state index contributed by atoms with van der Waals surface area (Å²) < 4.78 is 9.84. The summed E-state index contributed by atoms with van der Waals surface area (Å²) >= 11 is 1.29. The van der Waals surface area contributed by atoms with Gasteiger partial charge in [0.05, 0.1) is 20.0 Å². The molecule has 0 atom stereocenters. The van der Waals surface area contributed by atoms with Crippen molar-refractivity contribution in [1.82, 2.24) is 0 Å². The monoisotopic (exact) mass is 279 g/mol. The van der Waals surface area contributed by atoms with Crippen molar-refractivity contribution in [3.8, 4) is 5.75 Å². The number of aliphatic hydroxyl groups is 1. The molecule has 0 bridgehead atoms. The van der Waals surface area contributed by atoms with Crippen LogP contribution in [0.2, 0.25) is 0 Å². The Bertz CT molecular complexity index is 566. The zero-order chi connectivity index (χ0) is 13.8. The Morgan fingerprint density at radius 2 is 2.11 bits per heavy atom. The molecular formula is C13H13NO4S. The molecule has 0 radical (unpaired) electrons. The van der Waals surface area contributed by atoms with Gasteiger partial charge in [-0.15, -0.1) is 0 Å². The van der Waals surface area contributed by atoms with Crippen molar-refractivity contribution in [2.75, 3.05) is 20.0 Å². The highest BCUT2D eigenvalue weighted by atomic mass is 32.2. The number of benzene rings is 1. The lowest BCUT2D eigenvalue weighted by Crippen LogP contribution is -2.10. The Kier molecular flexibility index (Phi) is 4.11. The minimum atomic E-state index is -0.587. The highest BCUT2D eigenvalue weighted by Gasteiger charge is 2.29. The molecule has 19 heavy (non-hydrogen) atoms. The number of carbonyl (C=O) groups is 1. The number of hydrogen-bond donors (Lipinski definition) is 1. The summed E-state index contributed by atoms with van der Waals surface area (Å²) in [5.41, 5.74) is 0.724. The van der Waals surface area contributed by atoms with Gasteiger partial charge in [0.2, 0.25) is 0 Å². The number of nitrogens with zero attached hydrogens (tertiary/aromatic N) is 1. The van der Waals surface area contributed by atoms with Crippen LogP contribution in [0.25, 0.3) is 0 Å². The predicted octanol–water partition coefficient (Wildman–Crippen LogP) is 2.46. The number of carbonyl (C=O) groups excluding carboxylic acids is 1. The molecule has 0 unspecified atom stereocenters. The van der Waals surface area contributed by atoms with E-state index in [2.05, 4.69) is 9.73 Å². The normalized spacial score (nSPS) is 16.8. The minimum Gasteiger partial charge on any atom is -0.510 e. The molecule has 1 aliphatic rings. The fourth-order valence-corrected chi connectivity index (χ4v) is 2.56. The number of aliphatic hydroxyl groups excluding tert-OH is 1. The summed E-state index contributed by atoms with van der Waals surface area (Å²) in [7, 11) is 2.82. The van der Waals surface area contributed by atoms with E-state index in [9.17, 15) is 9.90 Å². The predicted molar refractivity (Wildman–Crippen MR) is 74.2 cm³/mol. The number of hydrogen-bond acceptors (Lipinski definition) is 6. The van der Waals surface area contributed by atoms with Crippen LogP contribution in [-0.4, -0.2) is 36.1 Å². The molecule has 0 saturated heterocycles. The van der Waals surface area contributed by atoms with Gasteiger partial charge in [0.25, 0.3) is 0 Å². The van der Waals surface area contributed by atoms with Crippen molar-refractivity contribution in [3.05, 3.63) is 35.6 Å². The first-order valence-corrected chi connectivity index (χ1v) is 6.51. The largest absolute Gasteiger partial charge is 0.510 e. The second-order valence-electron chi connectivity index (χ2n) is 3.69. The van der Waals surface area contributed by atoms with E-state index in [1.54, 1.807) is 19.2 Å². The summed E-state index contributed by atoms with van der Waals surface area (Å²) in [6.07, 6.45) is 0. The van der Waals surface area contributed by atoms with Crippen molar-refractivity contribution in [2.24, 2.45) is 4.99 Å². The Balaban J connectivity index is 2.41. The lowest BCUT2D eigenvalue weighted by Gasteiger charge is -2.05. The van der Waals surface area contributed by atoms with E-state index >= 15 is 0 Å². The van der Waals surface area contributed by atoms with Gasteiger partial charge in [-0.25, -0.2) is 9.79 Å². The van der Waals surface area contributed by atoms with Crippen LogP contribution in [0.15, 0.2) is 40.6 Å². The van der Waals surface area contributed by atoms with Crippen LogP contribution >= 0.6 is 11.8 Å². The van der Waals surface area contributed by atoms with Crippen LogP contribution in [0.5, 0.6) is 5.75 Å². The zero-order valence-electron chi connectivity index (χ0n) is 10.5. The highest BCUT2D eigenvalue weighted by molar-refractivity contribution is 8.15. The lowest BCUT2D eigenvalue weighted by molar-refractivity contribution is -0.135. The summed E-state index contributed by atoms with van der Waals surface area (Å²) in [6, 6.07) is 7.21. The fourth-order valence-electron chi connectivity index (χ4n) is 1.63. The molecule has 5 nitrogen and oxygen atoms in total. The minimum absolute atomic E-state index is 0.00880. The smallest absolute Gasteiger partial charge is 0.344 e. The molecule has 1 heterocycles. The zero-order valence-corrected chi connectivity index (χ0v) is 11.4. The number of rotatable bonds is 3. The molecule has 1 aliphatic heterocycles. The maximum atomic E-state index is 11.6. The second-order valence-corrected chi connectivity index (χ2v) is 4.65. The van der Waals surface area contributed by atoms with E-state index in [0.717, 1.165) is 0 Å². The van der Waals surface area contributed by atoms with E-state index in [-0.39, 0.29) is 11.3 Å². The summed E-state index contributed by atoms with van der Waals surface area (Å²) in [4.78, 5) is 16.0. The molecule has 0 saturated carbocycles. The van der Waals surface area contributed by atoms with Crippen LogP contribution in [0.1, 0.15) is 0 Å². The van der Waals surface area contributed by atoms with Gasteiger partial charge in [-0.3, -0.25) is 0 Å². The third-order valence-electron chi connectivity index (χ3n) is 2.54. The first-order valence-electron chi connectivity index (χ1n) is 5.52. The maximum Gasteiger partial charge on any atom is 0.344 e. The van der Waals surface area contributed by atoms with E-state index in [1.807, 2.05) is 12.1 Å². The van der Waals surface area contributed by atoms with Crippen molar-refractivity contribution >= 4 is 28.5 Å². The number of ether oxygens (including phenoxy) is 2. The van der Waals surface area contributed by atoms with Crippen LogP contribution in [-0.2, 0) is 9.53 Å². The van der Waals surface area contributed by atoms with Crippen LogP contribution in [0.3, 0.4) is 0 Å². The lowest BCUT2D eigenvalue weighted by atomic mass is 10.2. The van der Waals surface area contributed by atoms with Gasteiger partial charge in [0.15, 0.2) is 0 Å². The molecule has 1 aromatic carbocycles. The van der Waals surface area contributed by atoms with E-state index in [1.165, 1.54) is 18.9 Å². The molecule has 2 rings (SSSR count). The third kappa shape index (κ3) is 2.73. The van der Waals surface area contributed by atoms with Gasteiger partial charge in [0.1, 0.15) is 27.8 Å². The first-order chi connectivity index (χ1) is 9.17. The van der Waals surface area contributed by atoms with Crippen molar-refractivity contribution in [1.29, 1.82) is 0 Å². The SMILES string of the molecule is COC(=O)C1=C(O)CSC1=Nc1ccccc1OC. The van der Waals surface area contributed by atoms with Crippen molar-refractivity contribution in [3.63, 3.8) is 0 Å². The summed E-state index contributed by atoms with van der Waals surface area (Å²) in [6.45, 7) is 0. The van der Waals surface area contributed by atoms with Gasteiger partial charge >= 0.3 is 5.97 Å². The van der Waals surface area contributed by atoms with Gasteiger partial charge in [0, 0.05) is 0 Å². The first kappa shape index (κ1) is 13.5. The molecule has 0 fully saturated rings. The number of esters is 1. The molecule has 6 heteroatoms. The van der Waals surface area contributed by atoms with Crippen molar-refractivity contribution < 1.29 is 19.4 Å². The van der Waals surface area contributed by atoms with Crippen molar-refractivity contribution in [2.45, 2.75) is 0 Å². The van der Waals surface area contributed by atoms with Gasteiger partial charge in [-0.05, 0) is 12.1 Å². The molecule has 1 aromatic rings. The van der Waals surface area contributed by atoms with Crippen LogP contribution in [0.4, 0.5) is 5.69 Å². The van der Waals surface area contributed by atoms with Crippen LogP contribution < -0.4 is 4.74 Å². The Morgan fingerprint density at radius 3 is 2.79 bits per heavy atom. The fraction of sp³-hybridized carbons (Fsp3) is 0.231. The number of methoxy groups -OCH3 is 2. The second kappa shape index (κ2) is 5.79. The molecule has 1 N–H and O–H groups in total. The standard InChI is InChI=1S/C13H13NO4S/c1-17-10-6-4-3-5-8(10)14-12-11(13(16)18-2)9(15)7-19-12/h3-6,15H,7H2,1-2H3. The number of thioether (sulfide) groups is 1. The van der Waals surface area contributed by atoms with Gasteiger partial charge in [-0.2, -0.15) is 0 Å². The number of para-hydroxylation sites is 2. The average molecular weight is 279 g/mol. The quantitative estimate of drug-likeness (QED) is 0.861. The molecule has 100 valence electrons. The molecule has 0 amide bonds. The average Bonchev–Trinajstić information content (AvgIpc) is 2.79. The van der Waals surface area contributed by atoms with E-state index < -0.39 is 5.97 Å². The Labute approximate surface area is 114 Å². The maximum absolute atomic E-state index is 11.6. The molecule has 0 aromatic heterocycles. The summed E-state index contributed by atoms with van der Waals surface area (Å²) in [5, 5.41) is 10.2. The third-order valence-corrected chi connectivity index (χ3v) is 3.53. The Hall–Kier alpha value is -1.95. The highest BCUT2D eigenvalue weighted by Crippen LogP contribution is 2.33. The van der Waals surface area contributed by atoms with E-state index in [0.29, 0.717) is 22.2 Å². The Morgan fingerprint density at radius 1 is 1.37 bits per heavy atom. The molecular weight excluding hydrogens is 266 g/mol. The number of aliphatic imine (C=N–C) groups is 1. The van der Waals surface area contributed by atoms with Gasteiger partial charge in [-0.1, -0.05) is 23.9 Å². The molecule has 0 aliphatic carbocycles. The molecule has 0 spiro atoms. The topological polar surface area (TPSA) is 68.1 Å². The van der Waals surface area contributed by atoms with E-state index in [4.69, 9.17) is 4.74 Å². The van der Waals surface area contributed by atoms with Crippen LogP contribution in [0, 0.1) is 0 Å².